The van der Waals surface area contributed by atoms with Crippen molar-refractivity contribution in [2.45, 2.75) is 32.4 Å². The molecular weight excluding hydrogens is 512 g/mol. The van der Waals surface area contributed by atoms with Crippen LogP contribution >= 0.6 is 0 Å². The molecule has 1 aliphatic rings. The maximum Gasteiger partial charge on any atom is 0.322 e. The normalized spacial score (nSPS) is 15.6. The molecular formula is C29H32N6O5. The summed E-state index contributed by atoms with van der Waals surface area (Å²) in [7, 11) is 0. The molecule has 208 valence electrons. The van der Waals surface area contributed by atoms with Crippen molar-refractivity contribution in [2.24, 2.45) is 0 Å². The SMILES string of the molecule is Cc1ccc(NC(=O)N2CCN(C(=O)C(Cc3ccccc3)NC(=O)Nc3ccc([N+](=O)[O-])cc3)CC2C)cc1. The maximum absolute atomic E-state index is 13.6. The second-order valence-corrected chi connectivity index (χ2v) is 9.77. The lowest BCUT2D eigenvalue weighted by Crippen LogP contribution is -2.60. The monoisotopic (exact) mass is 544 g/mol. The Hall–Kier alpha value is -4.93. The molecule has 3 aromatic rings. The molecule has 2 atom stereocenters. The number of urea groups is 2. The molecule has 1 fully saturated rings. The summed E-state index contributed by atoms with van der Waals surface area (Å²) in [6.45, 7) is 4.84. The number of non-ortho nitro benzene ring substituents is 1. The summed E-state index contributed by atoms with van der Waals surface area (Å²) in [4.78, 5) is 53.1. The van der Waals surface area contributed by atoms with E-state index in [4.69, 9.17) is 0 Å². The molecule has 0 radical (unpaired) electrons. The molecule has 1 aliphatic heterocycles. The highest BCUT2D eigenvalue weighted by molar-refractivity contribution is 5.94. The largest absolute Gasteiger partial charge is 0.337 e. The van der Waals surface area contributed by atoms with Crippen LogP contribution in [0.25, 0.3) is 0 Å². The topological polar surface area (TPSA) is 137 Å². The highest BCUT2D eigenvalue weighted by atomic mass is 16.6. The molecule has 2 unspecified atom stereocenters. The van der Waals surface area contributed by atoms with Gasteiger partial charge < -0.3 is 25.8 Å². The third-order valence-electron chi connectivity index (χ3n) is 6.72. The average molecular weight is 545 g/mol. The van der Waals surface area contributed by atoms with Crippen LogP contribution in [0.1, 0.15) is 18.1 Å². The van der Waals surface area contributed by atoms with Gasteiger partial charge in [0.25, 0.3) is 5.69 Å². The molecule has 4 rings (SSSR count). The molecule has 0 aliphatic carbocycles. The number of rotatable bonds is 7. The summed E-state index contributed by atoms with van der Waals surface area (Å²) in [5.74, 6) is -0.256. The number of aryl methyl sites for hydroxylation is 1. The van der Waals surface area contributed by atoms with Gasteiger partial charge in [0.15, 0.2) is 0 Å². The van der Waals surface area contributed by atoms with Gasteiger partial charge >= 0.3 is 12.1 Å². The van der Waals surface area contributed by atoms with Crippen LogP contribution in [0.5, 0.6) is 0 Å². The average Bonchev–Trinajstić information content (AvgIpc) is 2.94. The molecule has 1 saturated heterocycles. The van der Waals surface area contributed by atoms with Crippen molar-refractivity contribution in [3.63, 3.8) is 0 Å². The van der Waals surface area contributed by atoms with E-state index in [9.17, 15) is 24.5 Å². The van der Waals surface area contributed by atoms with Crippen LogP contribution in [0.2, 0.25) is 0 Å². The predicted molar refractivity (Wildman–Crippen MR) is 152 cm³/mol. The standard InChI is InChI=1S/C29H32N6O5/c1-20-8-10-24(11-9-20)31-29(38)34-17-16-33(19-21(34)2)27(36)26(18-22-6-4-3-5-7-22)32-28(37)30-23-12-14-25(15-13-23)35(39)40/h3-15,21,26H,16-19H2,1-2H3,(H,31,38)(H2,30,32,37). The zero-order valence-electron chi connectivity index (χ0n) is 22.4. The second kappa shape index (κ2) is 12.7. The Morgan fingerprint density at radius 1 is 0.925 bits per heavy atom. The Morgan fingerprint density at radius 3 is 2.17 bits per heavy atom. The molecule has 3 N–H and O–H groups in total. The van der Waals surface area contributed by atoms with Crippen LogP contribution in [0.4, 0.5) is 26.7 Å². The van der Waals surface area contributed by atoms with Crippen molar-refractivity contribution in [3.05, 3.63) is 100 Å². The van der Waals surface area contributed by atoms with E-state index >= 15 is 0 Å². The van der Waals surface area contributed by atoms with E-state index in [0.29, 0.717) is 31.0 Å². The third kappa shape index (κ3) is 7.34. The van der Waals surface area contributed by atoms with Gasteiger partial charge in [-0.15, -0.1) is 0 Å². The summed E-state index contributed by atoms with van der Waals surface area (Å²) in [6, 6.07) is 20.4. The van der Waals surface area contributed by atoms with Gasteiger partial charge in [-0.05, 0) is 43.7 Å². The molecule has 0 spiro atoms. The molecule has 0 aromatic heterocycles. The van der Waals surface area contributed by atoms with Gasteiger partial charge in [-0.1, -0.05) is 48.0 Å². The van der Waals surface area contributed by atoms with Crippen molar-refractivity contribution in [3.8, 4) is 0 Å². The molecule has 1 heterocycles. The Kier molecular flexibility index (Phi) is 8.95. The van der Waals surface area contributed by atoms with Gasteiger partial charge in [0.2, 0.25) is 5.91 Å². The van der Waals surface area contributed by atoms with Crippen molar-refractivity contribution >= 4 is 35.0 Å². The van der Waals surface area contributed by atoms with Crippen molar-refractivity contribution in [2.75, 3.05) is 30.3 Å². The number of nitrogens with zero attached hydrogens (tertiary/aromatic N) is 3. The Labute approximate surface area is 232 Å². The van der Waals surface area contributed by atoms with Crippen molar-refractivity contribution < 1.29 is 19.3 Å². The molecule has 0 bridgehead atoms. The van der Waals surface area contributed by atoms with Gasteiger partial charge in [0.05, 0.1) is 4.92 Å². The molecule has 11 nitrogen and oxygen atoms in total. The fraction of sp³-hybridized carbons (Fsp3) is 0.276. The first-order valence-electron chi connectivity index (χ1n) is 13.0. The Morgan fingerprint density at radius 2 is 1.55 bits per heavy atom. The van der Waals surface area contributed by atoms with E-state index in [0.717, 1.165) is 11.1 Å². The van der Waals surface area contributed by atoms with Crippen LogP contribution in [0.3, 0.4) is 0 Å². The van der Waals surface area contributed by atoms with Crippen LogP contribution in [0, 0.1) is 17.0 Å². The van der Waals surface area contributed by atoms with Gasteiger partial charge in [0.1, 0.15) is 6.04 Å². The quantitative estimate of drug-likeness (QED) is 0.299. The Bertz CT molecular complexity index is 1350. The second-order valence-electron chi connectivity index (χ2n) is 9.77. The summed E-state index contributed by atoms with van der Waals surface area (Å²) < 4.78 is 0. The molecule has 3 aromatic carbocycles. The number of nitrogens with one attached hydrogen (secondary N) is 3. The number of piperazine rings is 1. The third-order valence-corrected chi connectivity index (χ3v) is 6.72. The first-order valence-corrected chi connectivity index (χ1v) is 13.0. The number of nitro groups is 1. The summed E-state index contributed by atoms with van der Waals surface area (Å²) in [5.41, 5.74) is 2.94. The van der Waals surface area contributed by atoms with E-state index in [1.54, 1.807) is 9.80 Å². The van der Waals surface area contributed by atoms with E-state index in [1.807, 2.05) is 68.4 Å². The number of hydrogen-bond donors (Lipinski definition) is 3. The lowest BCUT2D eigenvalue weighted by Gasteiger charge is -2.41. The van der Waals surface area contributed by atoms with Gasteiger partial charge in [0, 0.05) is 55.6 Å². The van der Waals surface area contributed by atoms with Crippen LogP contribution in [0.15, 0.2) is 78.9 Å². The van der Waals surface area contributed by atoms with E-state index in [1.165, 1.54) is 24.3 Å². The number of nitro benzene ring substituents is 1. The molecule has 40 heavy (non-hydrogen) atoms. The molecule has 5 amide bonds. The van der Waals surface area contributed by atoms with E-state index in [-0.39, 0.29) is 30.1 Å². The van der Waals surface area contributed by atoms with Crippen LogP contribution in [-0.4, -0.2) is 64.4 Å². The summed E-state index contributed by atoms with van der Waals surface area (Å²) in [6.07, 6.45) is 0.274. The Balaban J connectivity index is 1.40. The zero-order chi connectivity index (χ0) is 28.6. The predicted octanol–water partition coefficient (Wildman–Crippen LogP) is 4.40. The van der Waals surface area contributed by atoms with E-state index in [2.05, 4.69) is 16.0 Å². The fourth-order valence-corrected chi connectivity index (χ4v) is 4.55. The zero-order valence-corrected chi connectivity index (χ0v) is 22.4. The smallest absolute Gasteiger partial charge is 0.322 e. The number of carbonyl (C=O) groups is 3. The minimum Gasteiger partial charge on any atom is -0.337 e. The van der Waals surface area contributed by atoms with Gasteiger partial charge in [-0.3, -0.25) is 14.9 Å². The highest BCUT2D eigenvalue weighted by Crippen LogP contribution is 2.18. The number of hydrogen-bond acceptors (Lipinski definition) is 5. The summed E-state index contributed by atoms with van der Waals surface area (Å²) in [5, 5.41) is 19.2. The van der Waals surface area contributed by atoms with Crippen LogP contribution in [-0.2, 0) is 11.2 Å². The first kappa shape index (κ1) is 28.1. The number of anilines is 2. The minimum atomic E-state index is -0.861. The highest BCUT2D eigenvalue weighted by Gasteiger charge is 2.33. The maximum atomic E-state index is 13.6. The number of amides is 5. The number of benzene rings is 3. The lowest BCUT2D eigenvalue weighted by atomic mass is 10.0. The van der Waals surface area contributed by atoms with Crippen LogP contribution < -0.4 is 16.0 Å². The minimum absolute atomic E-state index is 0.0936. The lowest BCUT2D eigenvalue weighted by molar-refractivity contribution is -0.384. The number of carbonyl (C=O) groups excluding carboxylic acids is 3. The van der Waals surface area contributed by atoms with Gasteiger partial charge in [-0.2, -0.15) is 0 Å². The van der Waals surface area contributed by atoms with Crippen molar-refractivity contribution in [1.82, 2.24) is 15.1 Å². The van der Waals surface area contributed by atoms with E-state index < -0.39 is 17.0 Å². The first-order chi connectivity index (χ1) is 19.2. The summed E-state index contributed by atoms with van der Waals surface area (Å²) >= 11 is 0. The van der Waals surface area contributed by atoms with Gasteiger partial charge in [-0.25, -0.2) is 9.59 Å². The van der Waals surface area contributed by atoms with Crippen molar-refractivity contribution in [1.29, 1.82) is 0 Å². The molecule has 0 saturated carbocycles. The molecule has 11 heteroatoms. The fourth-order valence-electron chi connectivity index (χ4n) is 4.55.